The fraction of sp³-hybridized carbons (Fsp3) is 0.167. The molecule has 0 radical (unpaired) electrons. The van der Waals surface area contributed by atoms with Crippen LogP contribution in [0.4, 0.5) is 11.6 Å². The van der Waals surface area contributed by atoms with Gasteiger partial charge in [0.25, 0.3) is 0 Å². The number of fused-ring (bicyclic) bond motifs is 2. The number of rotatable bonds is 7. The van der Waals surface area contributed by atoms with Crippen molar-refractivity contribution in [3.8, 4) is 0 Å². The van der Waals surface area contributed by atoms with Gasteiger partial charge in [0.05, 0.1) is 45.0 Å². The van der Waals surface area contributed by atoms with Crippen molar-refractivity contribution in [3.63, 3.8) is 0 Å². The van der Waals surface area contributed by atoms with Gasteiger partial charge in [0, 0.05) is 5.38 Å². The van der Waals surface area contributed by atoms with Crippen molar-refractivity contribution in [2.75, 3.05) is 10.6 Å². The maximum Gasteiger partial charge on any atom is 0.225 e. The predicted octanol–water partition coefficient (Wildman–Crippen LogP) is 8.42. The van der Waals surface area contributed by atoms with Crippen LogP contribution in [0.1, 0.15) is 24.0 Å². The number of nitrogens with zero attached hydrogens (tertiary/aromatic N) is 4. The molecule has 6 heterocycles. The number of nitrogens with one attached hydrogen (secondary N) is 2. The van der Waals surface area contributed by atoms with Gasteiger partial charge in [-0.15, -0.1) is 22.7 Å². The molecule has 0 aromatic carbocycles. The van der Waals surface area contributed by atoms with Crippen LogP contribution in [-0.2, 0) is 19.5 Å². The van der Waals surface area contributed by atoms with E-state index < -0.39 is 0 Å². The summed E-state index contributed by atoms with van der Waals surface area (Å²) in [6, 6.07) is 7.53. The normalized spacial score (nSPS) is 11.0. The van der Waals surface area contributed by atoms with Crippen molar-refractivity contribution in [3.05, 3.63) is 79.7 Å². The van der Waals surface area contributed by atoms with Gasteiger partial charge in [0.1, 0.15) is 28.7 Å². The third kappa shape index (κ3) is 6.07. The summed E-state index contributed by atoms with van der Waals surface area (Å²) in [5, 5.41) is 11.0. The molecule has 0 aliphatic heterocycles. The molecular formula is C24H19BrCl2N6O2S2. The Morgan fingerprint density at radius 3 is 1.89 bits per heavy atom. The van der Waals surface area contributed by atoms with E-state index in [0.717, 1.165) is 54.5 Å². The van der Waals surface area contributed by atoms with Crippen LogP contribution >= 0.6 is 61.8 Å². The molecule has 0 unspecified atom stereocenters. The van der Waals surface area contributed by atoms with Crippen molar-refractivity contribution < 1.29 is 8.83 Å². The van der Waals surface area contributed by atoms with E-state index >= 15 is 0 Å². The number of anilines is 2. The van der Waals surface area contributed by atoms with Crippen molar-refractivity contribution >= 4 is 93.9 Å². The van der Waals surface area contributed by atoms with Crippen LogP contribution in [0.15, 0.2) is 60.9 Å². The molecule has 0 bridgehead atoms. The van der Waals surface area contributed by atoms with E-state index in [2.05, 4.69) is 58.8 Å². The van der Waals surface area contributed by atoms with Gasteiger partial charge in [0.2, 0.25) is 10.6 Å². The Morgan fingerprint density at radius 1 is 0.811 bits per heavy atom. The second-order valence-corrected chi connectivity index (χ2v) is 10.9. The summed E-state index contributed by atoms with van der Waals surface area (Å²) in [5.41, 5.74) is 2.96. The van der Waals surface area contributed by atoms with Gasteiger partial charge in [-0.05, 0) is 80.8 Å². The Hall–Kier alpha value is -2.70. The number of thiophene rings is 2. The van der Waals surface area contributed by atoms with Crippen molar-refractivity contribution in [1.29, 1.82) is 0 Å². The molecule has 0 saturated heterocycles. The molecule has 37 heavy (non-hydrogen) atoms. The van der Waals surface area contributed by atoms with E-state index in [4.69, 9.17) is 32.0 Å². The second-order valence-electron chi connectivity index (χ2n) is 7.60. The zero-order chi connectivity index (χ0) is 25.8. The van der Waals surface area contributed by atoms with Gasteiger partial charge in [0.15, 0.2) is 0 Å². The summed E-state index contributed by atoms with van der Waals surface area (Å²) in [6.45, 7) is 3.24. The van der Waals surface area contributed by atoms with Gasteiger partial charge in [-0.1, -0.05) is 6.92 Å². The topological polar surface area (TPSA) is 102 Å². The van der Waals surface area contributed by atoms with Gasteiger partial charge in [-0.2, -0.15) is 9.97 Å². The zero-order valence-electron chi connectivity index (χ0n) is 19.3. The Labute approximate surface area is 238 Å². The van der Waals surface area contributed by atoms with Crippen LogP contribution in [0, 0.1) is 0 Å². The molecule has 0 fully saturated rings. The molecule has 190 valence electrons. The van der Waals surface area contributed by atoms with E-state index in [1.54, 1.807) is 35.2 Å². The number of hydrogen-bond donors (Lipinski definition) is 2. The molecule has 0 amide bonds. The fourth-order valence-corrected chi connectivity index (χ4v) is 6.38. The number of aryl methyl sites for hydroxylation is 1. The average molecular weight is 638 g/mol. The molecule has 0 atom stereocenters. The molecule has 13 heteroatoms. The lowest BCUT2D eigenvalue weighted by atomic mass is 10.2. The van der Waals surface area contributed by atoms with Crippen LogP contribution in [0.3, 0.4) is 0 Å². The number of hydrogen-bond acceptors (Lipinski definition) is 10. The van der Waals surface area contributed by atoms with E-state index in [-0.39, 0.29) is 10.6 Å². The monoisotopic (exact) mass is 636 g/mol. The maximum absolute atomic E-state index is 5.99. The lowest BCUT2D eigenvalue weighted by molar-refractivity contribution is 0.517. The minimum absolute atomic E-state index is 0.226. The quantitative estimate of drug-likeness (QED) is 0.168. The van der Waals surface area contributed by atoms with Gasteiger partial charge in [-0.25, -0.2) is 9.97 Å². The van der Waals surface area contributed by atoms with Crippen LogP contribution in [0.5, 0.6) is 0 Å². The molecule has 0 aliphatic carbocycles. The minimum Gasteiger partial charge on any atom is -0.467 e. The molecule has 6 aromatic heterocycles. The van der Waals surface area contributed by atoms with Crippen LogP contribution in [0.2, 0.25) is 10.6 Å². The first-order chi connectivity index (χ1) is 18.0. The summed E-state index contributed by atoms with van der Waals surface area (Å²) in [6.07, 6.45) is 4.23. The van der Waals surface area contributed by atoms with E-state index in [1.165, 1.54) is 5.56 Å². The summed E-state index contributed by atoms with van der Waals surface area (Å²) in [5.74, 6) is 3.18. The highest BCUT2D eigenvalue weighted by molar-refractivity contribution is 9.10. The van der Waals surface area contributed by atoms with Crippen molar-refractivity contribution in [2.45, 2.75) is 26.4 Å². The SMILES string of the molecule is CCc1csc2c(NCc3ccco3)nc(Cl)nc12.Clc1nc(NCc2ccco2)c2scc(Br)c2n1. The molecule has 0 spiro atoms. The number of aromatic nitrogens is 4. The van der Waals surface area contributed by atoms with E-state index in [9.17, 15) is 0 Å². The standard InChI is InChI=1S/C13H12ClN3OS.C11H7BrClN3OS/c1-2-8-7-19-11-10(8)16-13(14)17-12(11)15-6-9-4-3-5-18-9;12-7-5-18-9-8(7)15-11(13)16-10(9)14-4-6-2-1-3-17-6/h3-5,7H,2,6H2,1H3,(H,15,16,17);1-3,5H,4H2,(H,14,15,16). The van der Waals surface area contributed by atoms with Crippen molar-refractivity contribution in [1.82, 2.24) is 19.9 Å². The highest BCUT2D eigenvalue weighted by atomic mass is 79.9. The molecule has 0 saturated carbocycles. The third-order valence-electron chi connectivity index (χ3n) is 5.21. The first-order valence-electron chi connectivity index (χ1n) is 11.1. The smallest absolute Gasteiger partial charge is 0.225 e. The average Bonchev–Trinajstić information content (AvgIpc) is 3.70. The zero-order valence-corrected chi connectivity index (χ0v) is 24.0. The number of halogens is 3. The Kier molecular flexibility index (Phi) is 8.26. The third-order valence-corrected chi connectivity index (χ3v) is 8.45. The molecule has 6 aromatic rings. The molecular weight excluding hydrogens is 619 g/mol. The summed E-state index contributed by atoms with van der Waals surface area (Å²) >= 11 is 18.5. The van der Waals surface area contributed by atoms with Gasteiger partial charge < -0.3 is 19.5 Å². The molecule has 0 aliphatic rings. The summed E-state index contributed by atoms with van der Waals surface area (Å²) in [7, 11) is 0. The Bertz CT molecular complexity index is 1620. The second kappa shape index (κ2) is 11.8. The lowest BCUT2D eigenvalue weighted by Crippen LogP contribution is -2.01. The van der Waals surface area contributed by atoms with Gasteiger partial charge >= 0.3 is 0 Å². The largest absolute Gasteiger partial charge is 0.467 e. The molecule has 6 rings (SSSR count). The minimum atomic E-state index is 0.226. The fourth-order valence-electron chi connectivity index (χ4n) is 3.46. The number of furan rings is 2. The maximum atomic E-state index is 5.99. The molecule has 8 nitrogen and oxygen atoms in total. The Balaban J connectivity index is 0.000000152. The lowest BCUT2D eigenvalue weighted by Gasteiger charge is -2.05. The first kappa shape index (κ1) is 25.9. The van der Waals surface area contributed by atoms with E-state index in [0.29, 0.717) is 13.1 Å². The predicted molar refractivity (Wildman–Crippen MR) is 154 cm³/mol. The highest BCUT2D eigenvalue weighted by Crippen LogP contribution is 2.34. The van der Waals surface area contributed by atoms with E-state index in [1.807, 2.05) is 29.6 Å². The van der Waals surface area contributed by atoms with Gasteiger partial charge in [-0.3, -0.25) is 0 Å². The van der Waals surface area contributed by atoms with Crippen LogP contribution in [-0.4, -0.2) is 19.9 Å². The first-order valence-corrected chi connectivity index (χ1v) is 14.4. The summed E-state index contributed by atoms with van der Waals surface area (Å²) < 4.78 is 13.5. The Morgan fingerprint density at radius 2 is 1.35 bits per heavy atom. The molecule has 2 N–H and O–H groups in total. The van der Waals surface area contributed by atoms with Crippen LogP contribution < -0.4 is 10.6 Å². The summed E-state index contributed by atoms with van der Waals surface area (Å²) in [4.78, 5) is 17.0. The highest BCUT2D eigenvalue weighted by Gasteiger charge is 2.13. The van der Waals surface area contributed by atoms with Crippen LogP contribution in [0.25, 0.3) is 20.4 Å². The van der Waals surface area contributed by atoms with Crippen molar-refractivity contribution in [2.24, 2.45) is 0 Å².